The van der Waals surface area contributed by atoms with Gasteiger partial charge >= 0.3 is 0 Å². The van der Waals surface area contributed by atoms with E-state index in [0.717, 1.165) is 0 Å². The van der Waals surface area contributed by atoms with Crippen LogP contribution in [-0.2, 0) is 17.1 Å². The molecule has 1 aromatic heterocycles. The quantitative estimate of drug-likeness (QED) is 0.809. The third-order valence-corrected chi connectivity index (χ3v) is 4.51. The first-order valence-corrected chi connectivity index (χ1v) is 6.50. The average Bonchev–Trinajstić information content (AvgIpc) is 2.56. The van der Waals surface area contributed by atoms with Crippen molar-refractivity contribution in [3.63, 3.8) is 0 Å². The zero-order valence-electron chi connectivity index (χ0n) is 9.44. The van der Waals surface area contributed by atoms with Gasteiger partial charge in [0.1, 0.15) is 5.15 Å². The minimum Gasteiger partial charge on any atom is -0.324 e. The van der Waals surface area contributed by atoms with Crippen molar-refractivity contribution in [3.8, 4) is 0 Å². The number of nitrogens with one attached hydrogen (secondary N) is 1. The van der Waals surface area contributed by atoms with Gasteiger partial charge in [0.15, 0.2) is 0 Å². The summed E-state index contributed by atoms with van der Waals surface area (Å²) >= 11 is 5.85. The van der Waals surface area contributed by atoms with Gasteiger partial charge in [0, 0.05) is 27.2 Å². The fraction of sp³-hybridized carbons (Fsp3) is 0.625. The molecule has 0 aromatic carbocycles. The van der Waals surface area contributed by atoms with Crippen molar-refractivity contribution in [2.45, 2.75) is 5.03 Å². The SMILES string of the molecule is CNCCN(C)S(=O)(=O)c1ncn(C)c1Cl. The number of halogens is 1. The van der Waals surface area contributed by atoms with Crippen molar-refractivity contribution >= 4 is 21.6 Å². The fourth-order valence-corrected chi connectivity index (χ4v) is 2.65. The smallest absolute Gasteiger partial charge is 0.263 e. The number of imidazole rings is 1. The molecule has 0 fully saturated rings. The molecule has 0 saturated carbocycles. The van der Waals surface area contributed by atoms with Crippen LogP contribution in [0.1, 0.15) is 0 Å². The van der Waals surface area contributed by atoms with Gasteiger partial charge in [-0.3, -0.25) is 0 Å². The number of hydrogen-bond donors (Lipinski definition) is 1. The van der Waals surface area contributed by atoms with Crippen LogP contribution in [0.3, 0.4) is 0 Å². The predicted molar refractivity (Wildman–Crippen MR) is 62.0 cm³/mol. The lowest BCUT2D eigenvalue weighted by atomic mass is 10.6. The summed E-state index contributed by atoms with van der Waals surface area (Å²) in [5.41, 5.74) is 0. The van der Waals surface area contributed by atoms with Crippen LogP contribution < -0.4 is 5.32 Å². The van der Waals surface area contributed by atoms with Crippen molar-refractivity contribution in [2.75, 3.05) is 27.2 Å². The van der Waals surface area contributed by atoms with Gasteiger partial charge in [0.05, 0.1) is 6.33 Å². The van der Waals surface area contributed by atoms with Gasteiger partial charge in [0.2, 0.25) is 5.03 Å². The summed E-state index contributed by atoms with van der Waals surface area (Å²) in [6.45, 7) is 0.936. The second kappa shape index (κ2) is 5.13. The lowest BCUT2D eigenvalue weighted by Gasteiger charge is -2.15. The summed E-state index contributed by atoms with van der Waals surface area (Å²) in [7, 11) is 1.31. The van der Waals surface area contributed by atoms with Crippen molar-refractivity contribution in [1.82, 2.24) is 19.2 Å². The first kappa shape index (κ1) is 13.4. The van der Waals surface area contributed by atoms with Crippen LogP contribution in [0.15, 0.2) is 11.4 Å². The molecule has 1 rings (SSSR count). The summed E-state index contributed by atoms with van der Waals surface area (Å²) in [4.78, 5) is 3.80. The molecule has 92 valence electrons. The molecule has 8 heteroatoms. The molecule has 0 atom stereocenters. The Hall–Kier alpha value is -0.630. The number of rotatable bonds is 5. The van der Waals surface area contributed by atoms with Crippen LogP contribution in [-0.4, -0.2) is 49.5 Å². The number of sulfonamides is 1. The standard InChI is InChI=1S/C8H15ClN4O2S/c1-10-4-5-13(3)16(14,15)8-7(9)12(2)6-11-8/h6,10H,4-5H2,1-3H3. The average molecular weight is 267 g/mol. The second-order valence-corrected chi connectivity index (χ2v) is 5.70. The first-order valence-electron chi connectivity index (χ1n) is 4.69. The van der Waals surface area contributed by atoms with Crippen molar-refractivity contribution < 1.29 is 8.42 Å². The van der Waals surface area contributed by atoms with E-state index in [9.17, 15) is 8.42 Å². The highest BCUT2D eigenvalue weighted by atomic mass is 35.5. The molecule has 0 saturated heterocycles. The number of nitrogens with zero attached hydrogens (tertiary/aromatic N) is 3. The highest BCUT2D eigenvalue weighted by Crippen LogP contribution is 2.21. The van der Waals surface area contributed by atoms with Crippen molar-refractivity contribution in [2.24, 2.45) is 7.05 Å². The van der Waals surface area contributed by atoms with E-state index in [2.05, 4.69) is 10.3 Å². The van der Waals surface area contributed by atoms with Gasteiger partial charge in [-0.05, 0) is 7.05 Å². The summed E-state index contributed by atoms with van der Waals surface area (Å²) in [5.74, 6) is 0. The number of aromatic nitrogens is 2. The Morgan fingerprint density at radius 1 is 1.62 bits per heavy atom. The molecule has 0 amide bonds. The van der Waals surface area contributed by atoms with E-state index >= 15 is 0 Å². The molecule has 1 heterocycles. The molecule has 0 aliphatic carbocycles. The van der Waals surface area contributed by atoms with Gasteiger partial charge < -0.3 is 9.88 Å². The van der Waals surface area contributed by atoms with Crippen LogP contribution in [0.5, 0.6) is 0 Å². The maximum atomic E-state index is 12.0. The summed E-state index contributed by atoms with van der Waals surface area (Å²) in [5, 5.41) is 2.90. The Kier molecular flexibility index (Phi) is 4.31. The molecular weight excluding hydrogens is 252 g/mol. The van der Waals surface area contributed by atoms with Crippen molar-refractivity contribution in [3.05, 3.63) is 11.5 Å². The molecule has 1 N–H and O–H groups in total. The van der Waals surface area contributed by atoms with Gasteiger partial charge in [-0.15, -0.1) is 0 Å². The minimum atomic E-state index is -3.59. The Balaban J connectivity index is 2.98. The maximum absolute atomic E-state index is 12.0. The van der Waals surface area contributed by atoms with Crippen LogP contribution in [0.2, 0.25) is 5.15 Å². The second-order valence-electron chi connectivity index (χ2n) is 3.38. The topological polar surface area (TPSA) is 67.2 Å². The Labute approximate surface area is 100 Å². The zero-order valence-corrected chi connectivity index (χ0v) is 11.0. The van der Waals surface area contributed by atoms with Crippen LogP contribution in [0.4, 0.5) is 0 Å². The van der Waals surface area contributed by atoms with E-state index in [1.165, 1.54) is 22.2 Å². The number of aryl methyl sites for hydroxylation is 1. The third-order valence-electron chi connectivity index (χ3n) is 2.17. The van der Waals surface area contributed by atoms with Gasteiger partial charge in [-0.1, -0.05) is 11.6 Å². The predicted octanol–water partition coefficient (Wildman–Crippen LogP) is -0.0866. The summed E-state index contributed by atoms with van der Waals surface area (Å²) in [6, 6.07) is 0. The van der Waals surface area contributed by atoms with E-state index in [1.807, 2.05) is 0 Å². The van der Waals surface area contributed by atoms with Crippen LogP contribution in [0, 0.1) is 0 Å². The first-order chi connectivity index (χ1) is 7.41. The van der Waals surface area contributed by atoms with Gasteiger partial charge in [-0.2, -0.15) is 4.31 Å². The molecule has 0 aliphatic heterocycles. The normalized spacial score (nSPS) is 12.3. The Morgan fingerprint density at radius 2 is 2.25 bits per heavy atom. The van der Waals surface area contributed by atoms with Crippen LogP contribution >= 0.6 is 11.6 Å². The largest absolute Gasteiger partial charge is 0.324 e. The highest BCUT2D eigenvalue weighted by molar-refractivity contribution is 7.89. The van der Waals surface area contributed by atoms with Crippen LogP contribution in [0.25, 0.3) is 0 Å². The highest BCUT2D eigenvalue weighted by Gasteiger charge is 2.26. The minimum absolute atomic E-state index is 0.102. The molecule has 6 nitrogen and oxygen atoms in total. The Bertz CT molecular complexity index is 457. The van der Waals surface area contributed by atoms with Gasteiger partial charge in [0.25, 0.3) is 10.0 Å². The molecule has 0 bridgehead atoms. The van der Waals surface area contributed by atoms with E-state index in [-0.39, 0.29) is 10.2 Å². The van der Waals surface area contributed by atoms with Crippen molar-refractivity contribution in [1.29, 1.82) is 0 Å². The summed E-state index contributed by atoms with van der Waals surface area (Å²) < 4.78 is 26.7. The lowest BCUT2D eigenvalue weighted by Crippen LogP contribution is -2.33. The fourth-order valence-electron chi connectivity index (χ4n) is 1.10. The molecule has 0 spiro atoms. The maximum Gasteiger partial charge on any atom is 0.263 e. The zero-order chi connectivity index (χ0) is 12.3. The van der Waals surface area contributed by atoms with E-state index in [4.69, 9.17) is 11.6 Å². The van der Waals surface area contributed by atoms with E-state index < -0.39 is 10.0 Å². The molecule has 16 heavy (non-hydrogen) atoms. The van der Waals surface area contributed by atoms with E-state index in [1.54, 1.807) is 14.1 Å². The summed E-state index contributed by atoms with van der Waals surface area (Å²) in [6.07, 6.45) is 1.38. The number of hydrogen-bond acceptors (Lipinski definition) is 4. The Morgan fingerprint density at radius 3 is 2.69 bits per heavy atom. The molecule has 1 aromatic rings. The molecule has 0 unspecified atom stereocenters. The van der Waals surface area contributed by atoms with E-state index in [0.29, 0.717) is 13.1 Å². The molecule has 0 radical (unpaired) electrons. The number of likely N-dealkylation sites (N-methyl/N-ethyl adjacent to an activating group) is 2. The molecule has 0 aliphatic rings. The molecular formula is C8H15ClN4O2S. The monoisotopic (exact) mass is 266 g/mol. The lowest BCUT2D eigenvalue weighted by molar-refractivity contribution is 0.463. The van der Waals surface area contributed by atoms with Gasteiger partial charge in [-0.25, -0.2) is 13.4 Å². The third kappa shape index (κ3) is 2.54.